The third kappa shape index (κ3) is 2.48. The van der Waals surface area contributed by atoms with Crippen LogP contribution in [0.2, 0.25) is 0 Å². The van der Waals surface area contributed by atoms with Crippen LogP contribution in [-0.2, 0) is 6.42 Å². The fourth-order valence-electron chi connectivity index (χ4n) is 1.27. The van der Waals surface area contributed by atoms with E-state index in [0.29, 0.717) is 0 Å². The third-order valence-corrected chi connectivity index (χ3v) is 1.97. The van der Waals surface area contributed by atoms with Crippen molar-refractivity contribution in [3.63, 3.8) is 0 Å². The summed E-state index contributed by atoms with van der Waals surface area (Å²) in [5, 5.41) is 0. The van der Waals surface area contributed by atoms with Gasteiger partial charge in [0.15, 0.2) is 0 Å². The van der Waals surface area contributed by atoms with Crippen molar-refractivity contribution in [3.05, 3.63) is 28.8 Å². The summed E-state index contributed by atoms with van der Waals surface area (Å²) < 4.78 is 5.16. The Morgan fingerprint density at radius 1 is 1.15 bits per heavy atom. The van der Waals surface area contributed by atoms with E-state index in [1.165, 1.54) is 23.1 Å². The summed E-state index contributed by atoms with van der Waals surface area (Å²) in [5.41, 5.74) is 4.18. The molecule has 1 heteroatoms. The van der Waals surface area contributed by atoms with Crippen LogP contribution >= 0.6 is 0 Å². The number of hydrogen-bond acceptors (Lipinski definition) is 1. The lowest BCUT2D eigenvalue weighted by Crippen LogP contribution is -1.84. The average Bonchev–Trinajstić information content (AvgIpc) is 2.84. The zero-order chi connectivity index (χ0) is 9.14. The summed E-state index contributed by atoms with van der Waals surface area (Å²) in [7, 11) is 1.72. The fourth-order valence-corrected chi connectivity index (χ4v) is 1.27. The van der Waals surface area contributed by atoms with Crippen molar-refractivity contribution in [2.75, 3.05) is 7.11 Å². The van der Waals surface area contributed by atoms with E-state index in [0.717, 1.165) is 5.75 Å². The Hall–Kier alpha value is -0.980. The van der Waals surface area contributed by atoms with E-state index in [9.17, 15) is 0 Å². The van der Waals surface area contributed by atoms with E-state index >= 15 is 0 Å². The van der Waals surface area contributed by atoms with E-state index in [1.54, 1.807) is 7.11 Å². The van der Waals surface area contributed by atoms with Gasteiger partial charge in [0.1, 0.15) is 5.75 Å². The molecule has 74 valence electrons. The standard InChI is InChI=1S/C9H10O.C2H6.CH4/c1-6-3-7-4-8(7)5-9(6)10-2;1-2;/h3,5H,4H2,1-2H3;1-2H3;1H4. The molecule has 0 aliphatic heterocycles. The van der Waals surface area contributed by atoms with E-state index < -0.39 is 0 Å². The molecule has 13 heavy (non-hydrogen) atoms. The Balaban J connectivity index is 0.000000451. The minimum Gasteiger partial charge on any atom is -0.496 e. The molecule has 0 aromatic heterocycles. The smallest absolute Gasteiger partial charge is 0.122 e. The van der Waals surface area contributed by atoms with Gasteiger partial charge in [0, 0.05) is 0 Å². The van der Waals surface area contributed by atoms with Crippen molar-refractivity contribution in [1.82, 2.24) is 0 Å². The first kappa shape index (κ1) is 12.0. The normalized spacial score (nSPS) is 10.2. The maximum atomic E-state index is 5.16. The van der Waals surface area contributed by atoms with E-state index in [4.69, 9.17) is 4.74 Å². The molecule has 1 aliphatic carbocycles. The van der Waals surface area contributed by atoms with Gasteiger partial charge in [-0.1, -0.05) is 27.3 Å². The van der Waals surface area contributed by atoms with Crippen molar-refractivity contribution in [1.29, 1.82) is 0 Å². The van der Waals surface area contributed by atoms with Crippen LogP contribution in [0.5, 0.6) is 5.75 Å². The molecule has 0 unspecified atom stereocenters. The van der Waals surface area contributed by atoms with E-state index in [1.807, 2.05) is 13.8 Å². The van der Waals surface area contributed by atoms with Crippen molar-refractivity contribution in [3.8, 4) is 5.75 Å². The van der Waals surface area contributed by atoms with Crippen LogP contribution in [0.15, 0.2) is 12.1 Å². The maximum absolute atomic E-state index is 5.16. The molecule has 2 rings (SSSR count). The van der Waals surface area contributed by atoms with Crippen molar-refractivity contribution in [2.24, 2.45) is 0 Å². The zero-order valence-corrected chi connectivity index (χ0v) is 8.27. The molecule has 0 spiro atoms. The molecule has 0 amide bonds. The molecule has 0 saturated carbocycles. The van der Waals surface area contributed by atoms with Gasteiger partial charge in [-0.05, 0) is 36.1 Å². The van der Waals surface area contributed by atoms with Crippen LogP contribution in [0.25, 0.3) is 0 Å². The summed E-state index contributed by atoms with van der Waals surface area (Å²) in [6, 6.07) is 4.33. The Morgan fingerprint density at radius 2 is 1.69 bits per heavy atom. The van der Waals surface area contributed by atoms with Crippen molar-refractivity contribution < 1.29 is 4.74 Å². The zero-order valence-electron chi connectivity index (χ0n) is 8.27. The average molecular weight is 180 g/mol. The molecule has 0 fully saturated rings. The second-order valence-corrected chi connectivity index (χ2v) is 2.77. The largest absolute Gasteiger partial charge is 0.496 e. The predicted molar refractivity (Wildman–Crippen MR) is 58.6 cm³/mol. The molecule has 1 aliphatic rings. The first-order valence-corrected chi connectivity index (χ1v) is 4.47. The highest BCUT2D eigenvalue weighted by molar-refractivity contribution is 5.52. The Kier molecular flexibility index (Phi) is 4.53. The van der Waals surface area contributed by atoms with Crippen molar-refractivity contribution in [2.45, 2.75) is 34.6 Å². The number of hydrogen-bond donors (Lipinski definition) is 0. The van der Waals surface area contributed by atoms with Gasteiger partial charge in [-0.3, -0.25) is 0 Å². The molecule has 0 heterocycles. The monoisotopic (exact) mass is 180 g/mol. The number of aryl methyl sites for hydroxylation is 1. The minimum absolute atomic E-state index is 0. The molecule has 1 nitrogen and oxygen atoms in total. The summed E-state index contributed by atoms with van der Waals surface area (Å²) in [6.07, 6.45) is 1.17. The van der Waals surface area contributed by atoms with E-state index in [2.05, 4.69) is 19.1 Å². The second kappa shape index (κ2) is 4.90. The van der Waals surface area contributed by atoms with Gasteiger partial charge in [-0.2, -0.15) is 0 Å². The lowest BCUT2D eigenvalue weighted by atomic mass is 10.2. The van der Waals surface area contributed by atoms with Crippen LogP contribution < -0.4 is 4.74 Å². The first-order chi connectivity index (χ1) is 5.81. The summed E-state index contributed by atoms with van der Waals surface area (Å²) in [5.74, 6) is 1.02. The topological polar surface area (TPSA) is 9.23 Å². The number of ether oxygens (including phenoxy) is 1. The molecule has 1 aromatic carbocycles. The fraction of sp³-hybridized carbons (Fsp3) is 0.500. The van der Waals surface area contributed by atoms with Gasteiger partial charge in [-0.15, -0.1) is 0 Å². The number of rotatable bonds is 1. The van der Waals surface area contributed by atoms with Crippen LogP contribution in [0.4, 0.5) is 0 Å². The van der Waals surface area contributed by atoms with Gasteiger partial charge in [-0.25, -0.2) is 0 Å². The SMILES string of the molecule is C.CC.COc1cc2c(cc1C)C2. The van der Waals surface area contributed by atoms with Gasteiger partial charge in [0.05, 0.1) is 7.11 Å². The lowest BCUT2D eigenvalue weighted by Gasteiger charge is -2.00. The molecular weight excluding hydrogens is 160 g/mol. The van der Waals surface area contributed by atoms with Gasteiger partial charge >= 0.3 is 0 Å². The molecule has 0 bridgehead atoms. The first-order valence-electron chi connectivity index (χ1n) is 4.47. The molecule has 0 saturated heterocycles. The van der Waals surface area contributed by atoms with Gasteiger partial charge in [0.25, 0.3) is 0 Å². The van der Waals surface area contributed by atoms with Crippen LogP contribution in [0.3, 0.4) is 0 Å². The number of benzene rings is 1. The van der Waals surface area contributed by atoms with Gasteiger partial charge < -0.3 is 4.74 Å². The van der Waals surface area contributed by atoms with Crippen molar-refractivity contribution >= 4 is 0 Å². The molecule has 1 aromatic rings. The Morgan fingerprint density at radius 3 is 2.23 bits per heavy atom. The van der Waals surface area contributed by atoms with Crippen LogP contribution in [-0.4, -0.2) is 7.11 Å². The van der Waals surface area contributed by atoms with Crippen LogP contribution in [0, 0.1) is 6.92 Å². The highest BCUT2D eigenvalue weighted by Gasteiger charge is 2.18. The highest BCUT2D eigenvalue weighted by Crippen LogP contribution is 2.33. The van der Waals surface area contributed by atoms with Crippen LogP contribution in [0.1, 0.15) is 38.0 Å². The molecule has 0 radical (unpaired) electrons. The van der Waals surface area contributed by atoms with E-state index in [-0.39, 0.29) is 7.43 Å². The molecular formula is C12H20O. The Labute approximate surface area is 81.7 Å². The lowest BCUT2D eigenvalue weighted by molar-refractivity contribution is 0.412. The minimum atomic E-state index is 0. The number of methoxy groups -OCH3 is 1. The molecule has 0 atom stereocenters. The second-order valence-electron chi connectivity index (χ2n) is 2.77. The third-order valence-electron chi connectivity index (χ3n) is 1.97. The Bertz CT molecular complexity index is 277. The quantitative estimate of drug-likeness (QED) is 0.652. The predicted octanol–water partition coefficient (Wildman–Crippen LogP) is 3.57. The summed E-state index contributed by atoms with van der Waals surface area (Å²) in [4.78, 5) is 0. The molecule has 0 N–H and O–H groups in total. The maximum Gasteiger partial charge on any atom is 0.122 e. The summed E-state index contributed by atoms with van der Waals surface area (Å²) >= 11 is 0. The van der Waals surface area contributed by atoms with Gasteiger partial charge in [0.2, 0.25) is 0 Å². The summed E-state index contributed by atoms with van der Waals surface area (Å²) in [6.45, 7) is 6.08. The highest BCUT2D eigenvalue weighted by atomic mass is 16.5. The number of fused-ring (bicyclic) bond motifs is 1.